The summed E-state index contributed by atoms with van der Waals surface area (Å²) in [4.78, 5) is 0. The lowest BCUT2D eigenvalue weighted by Gasteiger charge is -2.54. The SMILES string of the molecule is CC1=C2C[C@H]3[C@@H](CCC4CC(C)CC[C@@]43C)[C@@H]2CC[C@@]2(C1)O[C@@H]1C[C@H](C)CN[C@H]1[C@H]2C. The molecule has 31 heavy (non-hydrogen) atoms. The monoisotopic (exact) mass is 425 g/mol. The zero-order valence-corrected chi connectivity index (χ0v) is 20.9. The van der Waals surface area contributed by atoms with E-state index >= 15 is 0 Å². The molecule has 6 aliphatic rings. The summed E-state index contributed by atoms with van der Waals surface area (Å²) < 4.78 is 7.05. The normalized spacial score (nSPS) is 56.6. The van der Waals surface area contributed by atoms with Crippen LogP contribution in [0.1, 0.15) is 98.8 Å². The van der Waals surface area contributed by atoms with Gasteiger partial charge in [0.2, 0.25) is 0 Å². The molecule has 4 aliphatic carbocycles. The summed E-state index contributed by atoms with van der Waals surface area (Å²) in [7, 11) is 0. The van der Waals surface area contributed by atoms with E-state index in [9.17, 15) is 0 Å². The van der Waals surface area contributed by atoms with Crippen LogP contribution in [-0.2, 0) is 4.74 Å². The molecule has 5 fully saturated rings. The Hall–Kier alpha value is -0.340. The summed E-state index contributed by atoms with van der Waals surface area (Å²) in [5.74, 6) is 6.16. The van der Waals surface area contributed by atoms with Gasteiger partial charge in [-0.1, -0.05) is 45.3 Å². The topological polar surface area (TPSA) is 21.3 Å². The van der Waals surface area contributed by atoms with Gasteiger partial charge in [-0.2, -0.15) is 0 Å². The highest BCUT2D eigenvalue weighted by molar-refractivity contribution is 5.29. The Balaban J connectivity index is 1.27. The van der Waals surface area contributed by atoms with Gasteiger partial charge in [0.15, 0.2) is 0 Å². The van der Waals surface area contributed by atoms with E-state index < -0.39 is 0 Å². The van der Waals surface area contributed by atoms with Gasteiger partial charge in [-0.05, 0) is 112 Å². The smallest absolute Gasteiger partial charge is 0.0765 e. The molecular weight excluding hydrogens is 378 g/mol. The van der Waals surface area contributed by atoms with Gasteiger partial charge in [0.25, 0.3) is 0 Å². The molecule has 2 nitrogen and oxygen atoms in total. The Bertz CT molecular complexity index is 758. The van der Waals surface area contributed by atoms with Gasteiger partial charge in [0.05, 0.1) is 11.7 Å². The van der Waals surface area contributed by atoms with E-state index in [1.54, 1.807) is 5.57 Å². The molecule has 0 aromatic carbocycles. The Morgan fingerprint density at radius 3 is 2.65 bits per heavy atom. The van der Waals surface area contributed by atoms with Gasteiger partial charge in [-0.25, -0.2) is 0 Å². The number of nitrogens with one attached hydrogen (secondary N) is 1. The van der Waals surface area contributed by atoms with E-state index in [0.717, 1.165) is 35.5 Å². The van der Waals surface area contributed by atoms with Gasteiger partial charge in [0, 0.05) is 12.0 Å². The van der Waals surface area contributed by atoms with Gasteiger partial charge in [0.1, 0.15) is 0 Å². The molecule has 174 valence electrons. The third-order valence-corrected chi connectivity index (χ3v) is 11.9. The van der Waals surface area contributed by atoms with Crippen molar-refractivity contribution in [2.24, 2.45) is 46.8 Å². The average molecular weight is 426 g/mol. The molecule has 0 radical (unpaired) electrons. The van der Waals surface area contributed by atoms with Crippen molar-refractivity contribution < 1.29 is 4.74 Å². The maximum atomic E-state index is 7.05. The zero-order chi connectivity index (χ0) is 21.5. The van der Waals surface area contributed by atoms with E-state index in [0.29, 0.717) is 23.5 Å². The first-order valence-corrected chi connectivity index (χ1v) is 13.9. The van der Waals surface area contributed by atoms with E-state index in [2.05, 4.69) is 39.9 Å². The summed E-state index contributed by atoms with van der Waals surface area (Å²) in [5.41, 5.74) is 4.36. The average Bonchev–Trinajstić information content (AvgIpc) is 3.19. The van der Waals surface area contributed by atoms with Crippen molar-refractivity contribution in [1.82, 2.24) is 5.32 Å². The molecule has 0 amide bonds. The Morgan fingerprint density at radius 1 is 0.968 bits per heavy atom. The molecule has 0 aromatic rings. The maximum Gasteiger partial charge on any atom is 0.0765 e. The Kier molecular flexibility index (Phi) is 5.01. The molecule has 0 bridgehead atoms. The summed E-state index contributed by atoms with van der Waals surface area (Å²) in [5, 5.41) is 3.88. The van der Waals surface area contributed by atoms with Crippen molar-refractivity contribution in [2.45, 2.75) is 117 Å². The van der Waals surface area contributed by atoms with E-state index in [1.807, 2.05) is 5.57 Å². The number of ether oxygens (including phenoxy) is 1. The molecule has 0 aromatic heterocycles. The molecule has 11 atom stereocenters. The van der Waals surface area contributed by atoms with Gasteiger partial charge >= 0.3 is 0 Å². The molecule has 3 saturated carbocycles. The third kappa shape index (κ3) is 3.09. The molecule has 2 saturated heterocycles. The maximum absolute atomic E-state index is 7.05. The molecule has 2 unspecified atom stereocenters. The fourth-order valence-corrected chi connectivity index (χ4v) is 10.0. The summed E-state index contributed by atoms with van der Waals surface area (Å²) in [6.45, 7) is 13.8. The fourth-order valence-electron chi connectivity index (χ4n) is 10.0. The largest absolute Gasteiger partial charge is 0.369 e. The van der Waals surface area contributed by atoms with E-state index in [-0.39, 0.29) is 5.60 Å². The Morgan fingerprint density at radius 2 is 1.81 bits per heavy atom. The van der Waals surface area contributed by atoms with Crippen molar-refractivity contribution >= 4 is 0 Å². The number of hydrogen-bond acceptors (Lipinski definition) is 2. The summed E-state index contributed by atoms with van der Waals surface area (Å²) >= 11 is 0. The van der Waals surface area contributed by atoms with Crippen molar-refractivity contribution in [3.63, 3.8) is 0 Å². The minimum atomic E-state index is 0.102. The molecule has 1 N–H and O–H groups in total. The quantitative estimate of drug-likeness (QED) is 0.434. The molecule has 1 spiro atoms. The van der Waals surface area contributed by atoms with Crippen molar-refractivity contribution in [3.05, 3.63) is 11.1 Å². The molecular formula is C29H47NO. The highest BCUT2D eigenvalue weighted by Crippen LogP contribution is 2.65. The second kappa shape index (κ2) is 7.33. The first-order valence-electron chi connectivity index (χ1n) is 13.9. The minimum absolute atomic E-state index is 0.102. The lowest BCUT2D eigenvalue weighted by molar-refractivity contribution is -0.0751. The van der Waals surface area contributed by atoms with E-state index in [1.165, 1.54) is 70.8 Å². The van der Waals surface area contributed by atoms with Gasteiger partial charge in [-0.15, -0.1) is 0 Å². The second-order valence-corrected chi connectivity index (χ2v) is 13.5. The minimum Gasteiger partial charge on any atom is -0.369 e. The number of rotatable bonds is 0. The van der Waals surface area contributed by atoms with Crippen LogP contribution in [-0.4, -0.2) is 24.3 Å². The first-order chi connectivity index (χ1) is 14.8. The van der Waals surface area contributed by atoms with Gasteiger partial charge in [-0.3, -0.25) is 0 Å². The van der Waals surface area contributed by atoms with Crippen molar-refractivity contribution in [1.29, 1.82) is 0 Å². The lowest BCUT2D eigenvalue weighted by atomic mass is 9.51. The van der Waals surface area contributed by atoms with Crippen LogP contribution >= 0.6 is 0 Å². The van der Waals surface area contributed by atoms with Crippen LogP contribution in [0, 0.1) is 46.8 Å². The van der Waals surface area contributed by atoms with Crippen molar-refractivity contribution in [3.8, 4) is 0 Å². The Labute approximate surface area is 191 Å². The first kappa shape index (κ1) is 21.2. The third-order valence-electron chi connectivity index (χ3n) is 11.9. The van der Waals surface area contributed by atoms with Gasteiger partial charge < -0.3 is 10.1 Å². The lowest BCUT2D eigenvalue weighted by Crippen LogP contribution is -2.48. The standard InChI is InChI=1S/C29H47NO/c1-17-8-10-28(5)21(12-17)6-7-23-22-9-11-29(15-19(3)24(22)14-25(23)28)20(4)27-26(31-29)13-18(2)16-30-27/h17-18,20-23,25-27,30H,6-16H2,1-5H3/t17?,18-,20+,21?,22-,23-,25-,26+,27-,28-,29-/m0/s1. The molecule has 2 heterocycles. The van der Waals surface area contributed by atoms with Crippen LogP contribution in [0.15, 0.2) is 11.1 Å². The number of fused-ring (bicyclic) bond motifs is 6. The molecule has 2 aliphatic heterocycles. The second-order valence-electron chi connectivity index (χ2n) is 13.5. The molecule has 6 rings (SSSR count). The number of hydrogen-bond donors (Lipinski definition) is 1. The predicted molar refractivity (Wildman–Crippen MR) is 128 cm³/mol. The van der Waals surface area contributed by atoms with E-state index in [4.69, 9.17) is 4.74 Å². The highest BCUT2D eigenvalue weighted by atomic mass is 16.5. The van der Waals surface area contributed by atoms with Crippen LogP contribution in [0.5, 0.6) is 0 Å². The number of allylic oxidation sites excluding steroid dienone is 1. The summed E-state index contributed by atoms with van der Waals surface area (Å²) in [6.07, 6.45) is 14.5. The van der Waals surface area contributed by atoms with Crippen LogP contribution in [0.3, 0.4) is 0 Å². The van der Waals surface area contributed by atoms with Crippen LogP contribution < -0.4 is 5.32 Å². The highest BCUT2D eigenvalue weighted by Gasteiger charge is 2.59. The van der Waals surface area contributed by atoms with Crippen LogP contribution in [0.25, 0.3) is 0 Å². The number of piperidine rings is 1. The fraction of sp³-hybridized carbons (Fsp3) is 0.931. The zero-order valence-electron chi connectivity index (χ0n) is 20.9. The van der Waals surface area contributed by atoms with Crippen LogP contribution in [0.2, 0.25) is 0 Å². The molecule has 2 heteroatoms. The van der Waals surface area contributed by atoms with Crippen LogP contribution in [0.4, 0.5) is 0 Å². The summed E-state index contributed by atoms with van der Waals surface area (Å²) in [6, 6.07) is 0.582. The predicted octanol–water partition coefficient (Wildman–Crippen LogP) is 6.75. The van der Waals surface area contributed by atoms with Crippen molar-refractivity contribution in [2.75, 3.05) is 6.54 Å².